The van der Waals surface area contributed by atoms with Crippen molar-refractivity contribution >= 4 is 62.0 Å². The summed E-state index contributed by atoms with van der Waals surface area (Å²) in [4.78, 5) is 8.38. The van der Waals surface area contributed by atoms with Crippen LogP contribution in [0.25, 0.3) is 32.8 Å². The Bertz CT molecular complexity index is 1030. The maximum atomic E-state index is 4.89. The van der Waals surface area contributed by atoms with Crippen LogP contribution in [-0.2, 0) is 0 Å². The minimum Gasteiger partial charge on any atom is -0.339 e. The van der Waals surface area contributed by atoms with Crippen molar-refractivity contribution in [2.45, 2.75) is 19.6 Å². The molecular formula is C18H17BrN2Si. The first-order valence-electron chi connectivity index (χ1n) is 7.46. The van der Waals surface area contributed by atoms with Gasteiger partial charge >= 0.3 is 0 Å². The van der Waals surface area contributed by atoms with Crippen molar-refractivity contribution in [2.24, 2.45) is 0 Å². The highest BCUT2D eigenvalue weighted by molar-refractivity contribution is 9.10. The first kappa shape index (κ1) is 14.0. The number of hydrogen-bond acceptors (Lipinski definition) is 1. The Balaban J connectivity index is 2.37. The van der Waals surface area contributed by atoms with E-state index in [2.05, 4.69) is 83.0 Å². The molecule has 0 spiro atoms. The lowest BCUT2D eigenvalue weighted by molar-refractivity contribution is 1.40. The van der Waals surface area contributed by atoms with E-state index in [9.17, 15) is 0 Å². The molecule has 0 amide bonds. The van der Waals surface area contributed by atoms with Crippen LogP contribution in [0.4, 0.5) is 0 Å². The van der Waals surface area contributed by atoms with Gasteiger partial charge in [-0.05, 0) is 23.4 Å². The molecule has 0 radical (unpaired) electrons. The highest BCUT2D eigenvalue weighted by Crippen LogP contribution is 2.31. The molecule has 2 nitrogen and oxygen atoms in total. The average molecular weight is 369 g/mol. The van der Waals surface area contributed by atoms with Gasteiger partial charge in [-0.2, -0.15) is 0 Å². The van der Waals surface area contributed by atoms with Gasteiger partial charge in [0.1, 0.15) is 5.65 Å². The van der Waals surface area contributed by atoms with Crippen molar-refractivity contribution in [3.05, 3.63) is 46.9 Å². The second-order valence-corrected chi connectivity index (χ2v) is 12.6. The molecule has 22 heavy (non-hydrogen) atoms. The van der Waals surface area contributed by atoms with E-state index in [1.54, 1.807) is 0 Å². The lowest BCUT2D eigenvalue weighted by Crippen LogP contribution is -2.39. The third-order valence-electron chi connectivity index (χ3n) is 4.16. The topological polar surface area (TPSA) is 28.7 Å². The fourth-order valence-electron chi connectivity index (χ4n) is 3.31. The van der Waals surface area contributed by atoms with Crippen LogP contribution in [0.15, 0.2) is 46.9 Å². The van der Waals surface area contributed by atoms with Gasteiger partial charge in [0.25, 0.3) is 0 Å². The molecular weight excluding hydrogens is 352 g/mol. The number of nitrogens with zero attached hydrogens (tertiary/aromatic N) is 1. The number of aromatic nitrogens is 2. The summed E-state index contributed by atoms with van der Waals surface area (Å²) in [5.41, 5.74) is 3.23. The molecule has 0 bridgehead atoms. The van der Waals surface area contributed by atoms with Crippen molar-refractivity contribution in [1.29, 1.82) is 0 Å². The maximum Gasteiger partial charge on any atom is 0.138 e. The Morgan fingerprint density at radius 3 is 2.50 bits per heavy atom. The minimum absolute atomic E-state index is 1.00. The number of benzene rings is 2. The molecule has 2 aromatic heterocycles. The normalized spacial score (nSPS) is 12.5. The molecule has 2 aromatic carbocycles. The van der Waals surface area contributed by atoms with E-state index in [1.807, 2.05) is 0 Å². The summed E-state index contributed by atoms with van der Waals surface area (Å²) >= 11 is 3.75. The fourth-order valence-corrected chi connectivity index (χ4v) is 6.07. The lowest BCUT2D eigenvalue weighted by atomic mass is 10.1. The summed E-state index contributed by atoms with van der Waals surface area (Å²) in [5, 5.41) is 5.34. The number of rotatable bonds is 1. The van der Waals surface area contributed by atoms with Gasteiger partial charge in [-0.25, -0.2) is 4.98 Å². The molecule has 0 unspecified atom stereocenters. The van der Waals surface area contributed by atoms with E-state index < -0.39 is 8.07 Å². The Morgan fingerprint density at radius 1 is 0.955 bits per heavy atom. The summed E-state index contributed by atoms with van der Waals surface area (Å²) < 4.78 is 1.14. The van der Waals surface area contributed by atoms with Gasteiger partial charge in [0.05, 0.1) is 13.6 Å². The molecule has 0 saturated heterocycles. The van der Waals surface area contributed by atoms with Crippen LogP contribution in [0.1, 0.15) is 0 Å². The maximum absolute atomic E-state index is 4.89. The third kappa shape index (κ3) is 1.94. The molecule has 110 valence electrons. The van der Waals surface area contributed by atoms with Gasteiger partial charge in [0, 0.05) is 26.1 Å². The zero-order chi connectivity index (χ0) is 15.5. The number of fused-ring (bicyclic) bond motifs is 4. The largest absolute Gasteiger partial charge is 0.339 e. The van der Waals surface area contributed by atoms with Gasteiger partial charge in [0.15, 0.2) is 0 Å². The number of aromatic amines is 1. The first-order valence-corrected chi connectivity index (χ1v) is 11.8. The Labute approximate surface area is 138 Å². The Morgan fingerprint density at radius 2 is 1.73 bits per heavy atom. The average Bonchev–Trinajstić information content (AvgIpc) is 2.82. The van der Waals surface area contributed by atoms with Gasteiger partial charge in [0.2, 0.25) is 0 Å². The molecule has 0 atom stereocenters. The number of H-pyrrole nitrogens is 1. The quantitative estimate of drug-likeness (QED) is 0.460. The van der Waals surface area contributed by atoms with E-state index in [0.29, 0.717) is 0 Å². The fraction of sp³-hybridized carbons (Fsp3) is 0.167. The van der Waals surface area contributed by atoms with Crippen molar-refractivity contribution in [1.82, 2.24) is 9.97 Å². The van der Waals surface area contributed by atoms with Crippen molar-refractivity contribution in [3.63, 3.8) is 0 Å². The molecule has 0 fully saturated rings. The highest BCUT2D eigenvalue weighted by atomic mass is 79.9. The summed E-state index contributed by atoms with van der Waals surface area (Å²) in [7, 11) is -1.56. The first-order chi connectivity index (χ1) is 10.5. The van der Waals surface area contributed by atoms with E-state index in [0.717, 1.165) is 21.2 Å². The highest BCUT2D eigenvalue weighted by Gasteiger charge is 2.26. The lowest BCUT2D eigenvalue weighted by Gasteiger charge is -2.21. The number of halogens is 1. The molecule has 4 heteroatoms. The van der Waals surface area contributed by atoms with Crippen molar-refractivity contribution in [3.8, 4) is 0 Å². The molecule has 0 aliphatic heterocycles. The van der Waals surface area contributed by atoms with Crippen molar-refractivity contribution < 1.29 is 0 Å². The standard InChI is InChI=1S/C18H17BrN2Si/c1-22(2,3)17-15-11-7-4-5-9-13(11)20-18(15)21-14-10-6-8-12(19)16(14)17/h4-10H,1-3H3,(H,20,21). The SMILES string of the molecule is C[Si](C)(C)c1c2c(Br)cccc2nc2[nH]c3ccccc3c12. The second-order valence-electron chi connectivity index (χ2n) is 6.76. The summed E-state index contributed by atoms with van der Waals surface area (Å²) in [6, 6.07) is 14.8. The van der Waals surface area contributed by atoms with Crippen molar-refractivity contribution in [2.75, 3.05) is 0 Å². The number of hydrogen-bond donors (Lipinski definition) is 1. The Kier molecular flexibility index (Phi) is 2.97. The summed E-state index contributed by atoms with van der Waals surface area (Å²) in [6.45, 7) is 7.22. The molecule has 2 heterocycles. The molecule has 0 saturated carbocycles. The van der Waals surface area contributed by atoms with E-state index in [4.69, 9.17) is 4.98 Å². The summed E-state index contributed by atoms with van der Waals surface area (Å²) in [6.07, 6.45) is 0. The molecule has 1 N–H and O–H groups in total. The molecule has 4 rings (SSSR count). The predicted octanol–water partition coefficient (Wildman–Crippen LogP) is 5.18. The van der Waals surface area contributed by atoms with Crippen LogP contribution in [0.5, 0.6) is 0 Å². The monoisotopic (exact) mass is 368 g/mol. The molecule has 4 aromatic rings. The zero-order valence-electron chi connectivity index (χ0n) is 12.9. The van der Waals surface area contributed by atoms with E-state index in [-0.39, 0.29) is 0 Å². The zero-order valence-corrected chi connectivity index (χ0v) is 15.5. The van der Waals surface area contributed by atoms with Gasteiger partial charge < -0.3 is 4.98 Å². The number of pyridine rings is 1. The van der Waals surface area contributed by atoms with Gasteiger partial charge in [-0.1, -0.05) is 59.8 Å². The Hall–Kier alpha value is -1.65. The number of para-hydroxylation sites is 1. The molecule has 0 aliphatic rings. The predicted molar refractivity (Wildman–Crippen MR) is 102 cm³/mol. The van der Waals surface area contributed by atoms with Crippen LogP contribution in [0.3, 0.4) is 0 Å². The van der Waals surface area contributed by atoms with Crippen LogP contribution < -0.4 is 5.19 Å². The van der Waals surface area contributed by atoms with Crippen LogP contribution >= 0.6 is 15.9 Å². The summed E-state index contributed by atoms with van der Waals surface area (Å²) in [5.74, 6) is 0. The molecule has 0 aliphatic carbocycles. The van der Waals surface area contributed by atoms with Crippen LogP contribution in [0.2, 0.25) is 19.6 Å². The van der Waals surface area contributed by atoms with Crippen LogP contribution in [-0.4, -0.2) is 18.0 Å². The van der Waals surface area contributed by atoms with Gasteiger partial charge in [-0.3, -0.25) is 0 Å². The van der Waals surface area contributed by atoms with E-state index in [1.165, 1.54) is 21.3 Å². The second kappa shape index (κ2) is 4.67. The van der Waals surface area contributed by atoms with E-state index >= 15 is 0 Å². The van der Waals surface area contributed by atoms with Crippen LogP contribution in [0, 0.1) is 0 Å². The minimum atomic E-state index is -1.56. The van der Waals surface area contributed by atoms with Gasteiger partial charge in [-0.15, -0.1) is 0 Å². The smallest absolute Gasteiger partial charge is 0.138 e. The third-order valence-corrected chi connectivity index (χ3v) is 6.82. The number of nitrogens with one attached hydrogen (secondary N) is 1.